The average Bonchev–Trinajstić information content (AvgIpc) is 3.48. The van der Waals surface area contributed by atoms with Gasteiger partial charge < -0.3 is 14.4 Å². The summed E-state index contributed by atoms with van der Waals surface area (Å²) >= 11 is 0. The largest absolute Gasteiger partial charge is 0.507 e. The third-order valence-electron chi connectivity index (χ3n) is 7.00. The van der Waals surface area contributed by atoms with Crippen molar-refractivity contribution in [3.05, 3.63) is 108 Å². The van der Waals surface area contributed by atoms with E-state index in [0.29, 0.717) is 55.7 Å². The minimum absolute atomic E-state index is 0. The molecule has 0 spiro atoms. The van der Waals surface area contributed by atoms with Gasteiger partial charge in [-0.05, 0) is 47.9 Å². The summed E-state index contributed by atoms with van der Waals surface area (Å²) in [5.74, 6) is 1.25. The van der Waals surface area contributed by atoms with Crippen molar-refractivity contribution in [1.82, 2.24) is 25.4 Å². The Morgan fingerprint density at radius 1 is 1.07 bits per heavy atom. The summed E-state index contributed by atoms with van der Waals surface area (Å²) in [6, 6.07) is 19.0. The number of carbonyl (C=O) groups is 1. The number of aromatic hydroxyl groups is 1. The standard InChI is InChI=1S/C32H33FN6O4.ClH/c1-2-4-24-5-3-6-26(31(24)41)19-34-36-29(40)20-38-15-17-39(18-16-38)21-30-35-32(37-43-30)25-9-7-23(8-10-25)22-42-28-13-11-27(33)12-14-28;/h2-3,5-14,19,41H,1,4,15-18,20-22H2,(H,36,40);1H. The first-order valence-corrected chi connectivity index (χ1v) is 14.0. The molecule has 0 unspecified atom stereocenters. The second kappa shape index (κ2) is 15.8. The van der Waals surface area contributed by atoms with E-state index in [2.05, 4.69) is 37.0 Å². The van der Waals surface area contributed by atoms with Crippen LogP contribution in [0.2, 0.25) is 0 Å². The molecule has 2 N–H and O–H groups in total. The smallest absolute Gasteiger partial charge is 0.254 e. The summed E-state index contributed by atoms with van der Waals surface area (Å²) in [5.41, 5.74) is 5.61. The highest BCUT2D eigenvalue weighted by molar-refractivity contribution is 5.86. The zero-order valence-corrected chi connectivity index (χ0v) is 24.9. The molecule has 1 saturated heterocycles. The maximum absolute atomic E-state index is 13.1. The van der Waals surface area contributed by atoms with Crippen molar-refractivity contribution in [1.29, 1.82) is 0 Å². The molecule has 10 nitrogen and oxygen atoms in total. The van der Waals surface area contributed by atoms with E-state index in [4.69, 9.17) is 9.26 Å². The molecule has 44 heavy (non-hydrogen) atoms. The molecule has 2 heterocycles. The highest BCUT2D eigenvalue weighted by atomic mass is 35.5. The highest BCUT2D eigenvalue weighted by Crippen LogP contribution is 2.22. The zero-order valence-electron chi connectivity index (χ0n) is 24.1. The first-order chi connectivity index (χ1) is 21.0. The van der Waals surface area contributed by atoms with E-state index < -0.39 is 0 Å². The molecule has 230 valence electrons. The molecule has 0 atom stereocenters. The van der Waals surface area contributed by atoms with Crippen LogP contribution >= 0.6 is 12.4 Å². The number of benzene rings is 3. The van der Waals surface area contributed by atoms with E-state index in [0.717, 1.165) is 29.8 Å². The summed E-state index contributed by atoms with van der Waals surface area (Å²) in [4.78, 5) is 21.2. The summed E-state index contributed by atoms with van der Waals surface area (Å²) in [7, 11) is 0. The maximum atomic E-state index is 13.1. The Hall–Kier alpha value is -4.58. The molecule has 0 radical (unpaired) electrons. The number of hydrogen-bond acceptors (Lipinski definition) is 9. The summed E-state index contributed by atoms with van der Waals surface area (Å²) in [6.45, 7) is 7.73. The Morgan fingerprint density at radius 3 is 2.52 bits per heavy atom. The number of ether oxygens (including phenoxy) is 1. The lowest BCUT2D eigenvalue weighted by Crippen LogP contribution is -2.48. The van der Waals surface area contributed by atoms with Crippen LogP contribution in [-0.2, 0) is 24.4 Å². The van der Waals surface area contributed by atoms with E-state index in [9.17, 15) is 14.3 Å². The average molecular weight is 621 g/mol. The summed E-state index contributed by atoms with van der Waals surface area (Å²) in [6.07, 6.45) is 3.70. The number of carbonyl (C=O) groups excluding carboxylic acids is 1. The molecule has 1 fully saturated rings. The quantitative estimate of drug-likeness (QED) is 0.134. The Balaban J connectivity index is 0.00000442. The van der Waals surface area contributed by atoms with Crippen LogP contribution in [0, 0.1) is 5.82 Å². The number of halogens is 2. The van der Waals surface area contributed by atoms with Crippen molar-refractivity contribution in [3.63, 3.8) is 0 Å². The van der Waals surface area contributed by atoms with Gasteiger partial charge in [-0.3, -0.25) is 14.6 Å². The van der Waals surface area contributed by atoms with Crippen LogP contribution in [0.3, 0.4) is 0 Å². The fraction of sp³-hybridized carbons (Fsp3) is 0.250. The number of rotatable bonds is 12. The minimum atomic E-state index is -0.300. The molecular formula is C32H34ClFN6O4. The minimum Gasteiger partial charge on any atom is -0.507 e. The van der Waals surface area contributed by atoms with Gasteiger partial charge in [-0.1, -0.05) is 47.6 Å². The van der Waals surface area contributed by atoms with E-state index >= 15 is 0 Å². The van der Waals surface area contributed by atoms with Crippen molar-refractivity contribution in [3.8, 4) is 22.9 Å². The zero-order chi connectivity index (χ0) is 30.0. The lowest BCUT2D eigenvalue weighted by Gasteiger charge is -2.33. The second-order valence-corrected chi connectivity index (χ2v) is 10.1. The third kappa shape index (κ3) is 8.96. The second-order valence-electron chi connectivity index (χ2n) is 10.1. The number of hydrazone groups is 1. The van der Waals surface area contributed by atoms with Gasteiger partial charge >= 0.3 is 0 Å². The van der Waals surface area contributed by atoms with Gasteiger partial charge in [0, 0.05) is 37.3 Å². The van der Waals surface area contributed by atoms with Crippen LogP contribution in [0.15, 0.2) is 89.0 Å². The van der Waals surface area contributed by atoms with Crippen LogP contribution in [0.5, 0.6) is 11.5 Å². The molecule has 0 aliphatic carbocycles. The monoisotopic (exact) mass is 620 g/mol. The molecule has 4 aromatic rings. The Bertz CT molecular complexity index is 1550. The molecule has 1 aromatic heterocycles. The Morgan fingerprint density at radius 2 is 1.80 bits per heavy atom. The fourth-order valence-electron chi connectivity index (χ4n) is 4.63. The van der Waals surface area contributed by atoms with E-state index in [-0.39, 0.29) is 36.4 Å². The SMILES string of the molecule is C=CCc1cccc(C=NNC(=O)CN2CCN(Cc3nc(-c4ccc(COc5ccc(F)cc5)cc4)no3)CC2)c1O.Cl. The molecule has 3 aromatic carbocycles. The molecule has 5 rings (SSSR count). The summed E-state index contributed by atoms with van der Waals surface area (Å²) in [5, 5.41) is 18.4. The van der Waals surface area contributed by atoms with Crippen LogP contribution in [0.1, 0.15) is 22.6 Å². The first-order valence-electron chi connectivity index (χ1n) is 14.0. The van der Waals surface area contributed by atoms with E-state index in [1.165, 1.54) is 18.3 Å². The topological polar surface area (TPSA) is 116 Å². The van der Waals surface area contributed by atoms with E-state index in [1.54, 1.807) is 24.3 Å². The van der Waals surface area contributed by atoms with Gasteiger partial charge in [0.15, 0.2) is 0 Å². The Labute approximate surface area is 261 Å². The third-order valence-corrected chi connectivity index (χ3v) is 7.00. The Kier molecular flexibility index (Phi) is 11.6. The van der Waals surface area contributed by atoms with Crippen molar-refractivity contribution in [2.45, 2.75) is 19.6 Å². The number of phenolic OH excluding ortho intramolecular Hbond substituents is 1. The lowest BCUT2D eigenvalue weighted by molar-refractivity contribution is -0.122. The number of amides is 1. The summed E-state index contributed by atoms with van der Waals surface area (Å²) < 4.78 is 24.2. The van der Waals surface area contributed by atoms with Crippen LogP contribution < -0.4 is 10.2 Å². The van der Waals surface area contributed by atoms with E-state index in [1.807, 2.05) is 36.4 Å². The van der Waals surface area contributed by atoms with Gasteiger partial charge in [-0.15, -0.1) is 19.0 Å². The van der Waals surface area contributed by atoms with Crippen molar-refractivity contribution in [2.24, 2.45) is 5.10 Å². The molecule has 1 aliphatic rings. The number of nitrogens with one attached hydrogen (secondary N) is 1. The normalized spacial score (nSPS) is 13.8. The number of aromatic nitrogens is 2. The number of hydrogen-bond donors (Lipinski definition) is 2. The van der Waals surface area contributed by atoms with Gasteiger partial charge in [-0.2, -0.15) is 10.1 Å². The van der Waals surface area contributed by atoms with Crippen molar-refractivity contribution < 1.29 is 23.6 Å². The lowest BCUT2D eigenvalue weighted by atomic mass is 10.1. The maximum Gasteiger partial charge on any atom is 0.254 e. The molecule has 1 amide bonds. The molecule has 0 saturated carbocycles. The number of phenols is 1. The van der Waals surface area contributed by atoms with Crippen molar-refractivity contribution in [2.75, 3.05) is 32.7 Å². The van der Waals surface area contributed by atoms with Gasteiger partial charge in [0.2, 0.25) is 11.7 Å². The first kappa shape index (κ1) is 32.3. The number of para-hydroxylation sites is 1. The number of nitrogens with zero attached hydrogens (tertiary/aromatic N) is 5. The van der Waals surface area contributed by atoms with Crippen molar-refractivity contribution >= 4 is 24.5 Å². The van der Waals surface area contributed by atoms with Crippen LogP contribution in [0.4, 0.5) is 4.39 Å². The van der Waals surface area contributed by atoms with Gasteiger partial charge in [0.05, 0.1) is 19.3 Å². The molecule has 0 bridgehead atoms. The molecule has 1 aliphatic heterocycles. The predicted octanol–water partition coefficient (Wildman–Crippen LogP) is 4.58. The van der Waals surface area contributed by atoms with Gasteiger partial charge in [0.1, 0.15) is 23.9 Å². The number of piperazine rings is 1. The van der Waals surface area contributed by atoms with Gasteiger partial charge in [-0.25, -0.2) is 9.82 Å². The number of allylic oxidation sites excluding steroid dienone is 1. The molecular weight excluding hydrogens is 587 g/mol. The highest BCUT2D eigenvalue weighted by Gasteiger charge is 2.21. The fourth-order valence-corrected chi connectivity index (χ4v) is 4.63. The van der Waals surface area contributed by atoms with Gasteiger partial charge in [0.25, 0.3) is 5.91 Å². The van der Waals surface area contributed by atoms with Crippen LogP contribution in [-0.4, -0.2) is 69.9 Å². The predicted molar refractivity (Wildman–Crippen MR) is 167 cm³/mol. The molecule has 12 heteroatoms. The van der Waals surface area contributed by atoms with Crippen LogP contribution in [0.25, 0.3) is 11.4 Å².